The number of imide groups is 1. The molecule has 2 saturated heterocycles. The molecule has 486 valence electrons. The number of hydrogen-bond acceptors (Lipinski definition) is 18. The molecule has 5 amide bonds. The number of aromatic nitrogens is 1. The summed E-state index contributed by atoms with van der Waals surface area (Å²) in [6.07, 6.45) is 9.09. The van der Waals surface area contributed by atoms with Gasteiger partial charge in [-0.05, 0) is 88.3 Å². The second kappa shape index (κ2) is 39.0. The molecule has 1 aromatic heterocycles. The van der Waals surface area contributed by atoms with Gasteiger partial charge in [0, 0.05) is 108 Å². The summed E-state index contributed by atoms with van der Waals surface area (Å²) in [7, 11) is 3.75. The van der Waals surface area contributed by atoms with Gasteiger partial charge in [-0.15, -0.1) is 11.3 Å². The number of ketones is 4. The second-order valence-electron chi connectivity index (χ2n) is 23.9. The van der Waals surface area contributed by atoms with Crippen LogP contribution in [0.2, 0.25) is 0 Å². The first-order valence-corrected chi connectivity index (χ1v) is 33.6. The lowest BCUT2D eigenvalue weighted by Gasteiger charge is -2.37. The molecule has 0 radical (unpaired) electrons. The zero-order valence-electron chi connectivity index (χ0n) is 53.7. The number of carbonyl (C=O) groups is 10. The Bertz CT molecular complexity index is 2560. The smallest absolute Gasteiger partial charge is 0.303 e. The van der Waals surface area contributed by atoms with Gasteiger partial charge in [0.1, 0.15) is 22.3 Å². The summed E-state index contributed by atoms with van der Waals surface area (Å²) < 4.78 is 22.4. The number of hydrogen-bond donors (Lipinski definition) is 2. The van der Waals surface area contributed by atoms with Crippen LogP contribution in [-0.2, 0) is 74.9 Å². The monoisotopic (exact) mass is 1250 g/mol. The summed E-state index contributed by atoms with van der Waals surface area (Å²) in [5.41, 5.74) is 1.93. The van der Waals surface area contributed by atoms with E-state index in [9.17, 15) is 47.9 Å². The van der Waals surface area contributed by atoms with Gasteiger partial charge < -0.3 is 34.5 Å². The van der Waals surface area contributed by atoms with Crippen LogP contribution in [0.1, 0.15) is 184 Å². The molecule has 20 nitrogen and oxygen atoms in total. The van der Waals surface area contributed by atoms with E-state index in [0.717, 1.165) is 49.8 Å². The Morgan fingerprint density at radius 1 is 0.828 bits per heavy atom. The number of nitrogens with zero attached hydrogens (tertiary/aromatic N) is 4. The fourth-order valence-electron chi connectivity index (χ4n) is 11.1. The Balaban J connectivity index is 1.15. The molecule has 0 aliphatic carbocycles. The maximum Gasteiger partial charge on any atom is 0.303 e. The highest BCUT2D eigenvalue weighted by Gasteiger charge is 2.39. The van der Waals surface area contributed by atoms with E-state index < -0.39 is 30.0 Å². The van der Waals surface area contributed by atoms with Crippen LogP contribution < -0.4 is 10.6 Å². The lowest BCUT2D eigenvalue weighted by molar-refractivity contribution is -0.149. The van der Waals surface area contributed by atoms with Crippen LogP contribution in [0.3, 0.4) is 0 Å². The van der Waals surface area contributed by atoms with Gasteiger partial charge >= 0.3 is 5.97 Å². The third-order valence-electron chi connectivity index (χ3n) is 16.7. The van der Waals surface area contributed by atoms with Crippen molar-refractivity contribution < 1.29 is 66.9 Å². The predicted octanol–water partition coefficient (Wildman–Crippen LogP) is 8.14. The molecule has 0 saturated carbocycles. The van der Waals surface area contributed by atoms with Crippen LogP contribution in [0.4, 0.5) is 0 Å². The Morgan fingerprint density at radius 2 is 1.48 bits per heavy atom. The number of likely N-dealkylation sites (tertiary alicyclic amines) is 2. The molecule has 9 atom stereocenters. The van der Waals surface area contributed by atoms with Gasteiger partial charge in [0.05, 0.1) is 50.4 Å². The standard InChI is InChI=1S/C65H100N6O14S2/c1-12-18-49(67-62(79)52-41-87-63(68-52)58(85-46(8)72)39-54(42(3)4)70(10)64(80)51(43(5)13-2)38-57(76)53-21-14-15-27-69(53)9)36-47-22-24-48(25-23-47)37-55(74)44(6)35-56(75)45(7)66-60(77)26-30-83-32-34-84-33-31-82-29-17-20-50(73)19-16-28-71-61(78)40-59(86-11)65(71)81/h22-25,41-45,49,51,53-54,58-59H,12-21,26-40H2,1-11H3,(H,66,77)(H,67,79)/t43-,44+,45-,49+,51-,53?,54+,58+,59?/m0/s1. The molecular weight excluding hydrogens is 1150 g/mol. The zero-order chi connectivity index (χ0) is 64.2. The van der Waals surface area contributed by atoms with E-state index in [1.165, 1.54) is 34.9 Å². The van der Waals surface area contributed by atoms with Crippen molar-refractivity contribution in [3.8, 4) is 0 Å². The maximum atomic E-state index is 14.4. The minimum atomic E-state index is -0.823. The lowest BCUT2D eigenvalue weighted by Crippen LogP contribution is -2.48. The topological polar surface area (TPSA) is 254 Å². The van der Waals surface area contributed by atoms with Crippen LogP contribution >= 0.6 is 23.1 Å². The number of rotatable bonds is 43. The number of benzene rings is 1. The minimum Gasteiger partial charge on any atom is -0.455 e. The third kappa shape index (κ3) is 25.3. The number of thiazole rings is 1. The average molecular weight is 1250 g/mol. The van der Waals surface area contributed by atoms with E-state index in [-0.39, 0.29) is 152 Å². The van der Waals surface area contributed by atoms with Crippen molar-refractivity contribution in [1.29, 1.82) is 0 Å². The van der Waals surface area contributed by atoms with E-state index in [1.807, 2.05) is 72.2 Å². The lowest BCUT2D eigenvalue weighted by atomic mass is 9.83. The summed E-state index contributed by atoms with van der Waals surface area (Å²) in [5, 5.41) is 7.63. The number of amides is 5. The highest BCUT2D eigenvalue weighted by molar-refractivity contribution is 8.00. The number of piperidine rings is 1. The van der Waals surface area contributed by atoms with Crippen LogP contribution in [0.5, 0.6) is 0 Å². The molecule has 1 aromatic carbocycles. The maximum absolute atomic E-state index is 14.4. The summed E-state index contributed by atoms with van der Waals surface area (Å²) in [5.74, 6) is -2.99. The van der Waals surface area contributed by atoms with Crippen LogP contribution in [0.15, 0.2) is 29.6 Å². The van der Waals surface area contributed by atoms with E-state index in [2.05, 4.69) is 15.5 Å². The molecule has 3 heterocycles. The first-order valence-electron chi connectivity index (χ1n) is 31.5. The Morgan fingerprint density at radius 3 is 2.10 bits per heavy atom. The quantitative estimate of drug-likeness (QED) is 0.0361. The van der Waals surface area contributed by atoms with Crippen molar-refractivity contribution in [1.82, 2.24) is 30.3 Å². The molecule has 0 spiro atoms. The zero-order valence-corrected chi connectivity index (χ0v) is 55.3. The fraction of sp³-hybridized carbons (Fsp3) is 0.708. The van der Waals surface area contributed by atoms with Crippen molar-refractivity contribution in [3.05, 3.63) is 51.5 Å². The largest absolute Gasteiger partial charge is 0.455 e. The summed E-state index contributed by atoms with van der Waals surface area (Å²) in [6, 6.07) is 6.05. The predicted molar refractivity (Wildman–Crippen MR) is 336 cm³/mol. The molecule has 2 fully saturated rings. The van der Waals surface area contributed by atoms with Gasteiger partial charge in [0.15, 0.2) is 17.7 Å². The minimum absolute atomic E-state index is 0.0199. The number of likely N-dealkylation sites (N-methyl/N-ethyl adjacent to an activating group) is 1. The summed E-state index contributed by atoms with van der Waals surface area (Å²) in [6.45, 7) is 17.7. The van der Waals surface area contributed by atoms with Gasteiger partial charge in [0.2, 0.25) is 23.6 Å². The number of nitrogens with one attached hydrogen (secondary N) is 2. The van der Waals surface area contributed by atoms with E-state index in [1.54, 1.807) is 31.2 Å². The van der Waals surface area contributed by atoms with Crippen LogP contribution in [-0.4, -0.2) is 181 Å². The molecule has 22 heteroatoms. The number of ether oxygens (including phenoxy) is 4. The molecule has 87 heavy (non-hydrogen) atoms. The summed E-state index contributed by atoms with van der Waals surface area (Å²) in [4.78, 5) is 140. The van der Waals surface area contributed by atoms with Crippen LogP contribution in [0.25, 0.3) is 0 Å². The van der Waals surface area contributed by atoms with E-state index in [4.69, 9.17) is 23.9 Å². The van der Waals surface area contributed by atoms with Gasteiger partial charge in [0.25, 0.3) is 5.91 Å². The normalized spacial score (nSPS) is 17.9. The Labute approximate surface area is 524 Å². The van der Waals surface area contributed by atoms with Gasteiger partial charge in [-0.3, -0.25) is 57.7 Å². The van der Waals surface area contributed by atoms with Crippen molar-refractivity contribution in [2.24, 2.45) is 23.7 Å². The van der Waals surface area contributed by atoms with E-state index >= 15 is 0 Å². The number of esters is 1. The first-order chi connectivity index (χ1) is 41.5. The fourth-order valence-corrected chi connectivity index (χ4v) is 12.6. The molecule has 0 bridgehead atoms. The highest BCUT2D eigenvalue weighted by atomic mass is 32.2. The molecule has 2 aromatic rings. The Hall–Kier alpha value is -5.26. The van der Waals surface area contributed by atoms with Gasteiger partial charge in [-0.25, -0.2) is 4.98 Å². The SMILES string of the molecule is CCC[C@H](Cc1ccc(CC(=O)[C@H](C)CC(=O)[C@H](C)NC(=O)CCOCCOCCOCCCC(=O)CCCN2C(=O)CC(SC)C2=O)cc1)NC(=O)c1csc([C@@H](C[C@H](C(C)C)N(C)C(=O)[C@@H](CC(=O)C2CCCCN2C)[C@@H](C)CC)OC(C)=O)n1. The number of carbonyl (C=O) groups excluding carboxylic acids is 10. The molecule has 2 unspecified atom stereocenters. The highest BCUT2D eigenvalue weighted by Crippen LogP contribution is 2.33. The third-order valence-corrected chi connectivity index (χ3v) is 18.6. The Kier molecular flexibility index (Phi) is 33.3. The molecular formula is C65H100N6O14S2. The first kappa shape index (κ1) is 74.2. The van der Waals surface area contributed by atoms with Crippen molar-refractivity contribution >= 4 is 81.7 Å². The number of Topliss-reactive ketones (excluding diaryl/α,β-unsaturated/α-hetero) is 4. The number of thioether (sulfide) groups is 1. The van der Waals surface area contributed by atoms with Gasteiger partial charge in [-0.1, -0.05) is 85.1 Å². The van der Waals surface area contributed by atoms with Gasteiger partial charge in [-0.2, -0.15) is 11.8 Å². The molecule has 2 N–H and O–H groups in total. The van der Waals surface area contributed by atoms with Crippen molar-refractivity contribution in [2.75, 3.05) is 73.1 Å². The average Bonchev–Trinajstić information content (AvgIpc) is 2.66. The van der Waals surface area contributed by atoms with Crippen molar-refractivity contribution in [2.45, 2.75) is 200 Å². The summed E-state index contributed by atoms with van der Waals surface area (Å²) >= 11 is 2.59. The molecule has 4 rings (SSSR count). The van der Waals surface area contributed by atoms with E-state index in [0.29, 0.717) is 70.0 Å². The van der Waals surface area contributed by atoms with Crippen molar-refractivity contribution in [3.63, 3.8) is 0 Å². The second-order valence-corrected chi connectivity index (χ2v) is 25.9. The molecule has 2 aliphatic heterocycles. The molecule has 2 aliphatic rings. The van der Waals surface area contributed by atoms with Crippen LogP contribution in [0, 0.1) is 23.7 Å².